The Morgan fingerprint density at radius 2 is 2.23 bits per heavy atom. The van der Waals surface area contributed by atoms with Crippen LogP contribution >= 0.6 is 0 Å². The molecule has 4 heteroatoms. The van der Waals surface area contributed by atoms with Gasteiger partial charge >= 0.3 is 11.9 Å². The molecule has 0 spiro atoms. The van der Waals surface area contributed by atoms with Crippen molar-refractivity contribution in [3.63, 3.8) is 0 Å². The molecule has 13 heavy (non-hydrogen) atoms. The number of hydrogen-bond donors (Lipinski definition) is 1. The fraction of sp³-hybridized carbons (Fsp3) is 0.556. The van der Waals surface area contributed by atoms with E-state index < -0.39 is 17.4 Å². The molecule has 1 aliphatic carbocycles. The van der Waals surface area contributed by atoms with E-state index in [2.05, 4.69) is 4.74 Å². The molecule has 2 atom stereocenters. The minimum atomic E-state index is -1.46. The van der Waals surface area contributed by atoms with Crippen LogP contribution in [0.4, 0.5) is 0 Å². The number of carbonyl (C=O) groups excluding carboxylic acids is 1. The van der Waals surface area contributed by atoms with Crippen LogP contribution in [0.5, 0.6) is 0 Å². The topological polar surface area (TPSA) is 63.6 Å². The molecule has 0 aromatic rings. The molecule has 0 amide bonds. The molecule has 72 valence electrons. The van der Waals surface area contributed by atoms with Gasteiger partial charge in [0.15, 0.2) is 5.41 Å². The molecule has 0 fully saturated rings. The second-order valence-electron chi connectivity index (χ2n) is 3.20. The third kappa shape index (κ3) is 1.22. The minimum Gasteiger partial charge on any atom is -0.480 e. The highest BCUT2D eigenvalue weighted by atomic mass is 16.5. The SMILES string of the molecule is COC(=O)C1(C(=O)O)C=CCC1C. The van der Waals surface area contributed by atoms with Gasteiger partial charge in [-0.1, -0.05) is 19.1 Å². The van der Waals surface area contributed by atoms with Crippen molar-refractivity contribution in [2.75, 3.05) is 7.11 Å². The second-order valence-corrected chi connectivity index (χ2v) is 3.20. The Balaban J connectivity index is 3.08. The molecule has 1 N–H and O–H groups in total. The van der Waals surface area contributed by atoms with Gasteiger partial charge < -0.3 is 9.84 Å². The quantitative estimate of drug-likeness (QED) is 0.392. The van der Waals surface area contributed by atoms with Gasteiger partial charge in [-0.3, -0.25) is 9.59 Å². The lowest BCUT2D eigenvalue weighted by atomic mass is 9.79. The monoisotopic (exact) mass is 184 g/mol. The fourth-order valence-corrected chi connectivity index (χ4v) is 1.62. The summed E-state index contributed by atoms with van der Waals surface area (Å²) in [6.45, 7) is 1.73. The highest BCUT2D eigenvalue weighted by molar-refractivity contribution is 6.02. The molecule has 0 heterocycles. The molecule has 0 aliphatic heterocycles. The van der Waals surface area contributed by atoms with Crippen molar-refractivity contribution in [3.05, 3.63) is 12.2 Å². The Hall–Kier alpha value is -1.32. The highest BCUT2D eigenvalue weighted by Crippen LogP contribution is 2.39. The van der Waals surface area contributed by atoms with Crippen LogP contribution in [0.1, 0.15) is 13.3 Å². The Morgan fingerprint density at radius 3 is 2.54 bits per heavy atom. The summed E-state index contributed by atoms with van der Waals surface area (Å²) in [5, 5.41) is 8.98. The van der Waals surface area contributed by atoms with Crippen LogP contribution in [-0.4, -0.2) is 24.2 Å². The van der Waals surface area contributed by atoms with Crippen molar-refractivity contribution < 1.29 is 19.4 Å². The first kappa shape index (κ1) is 9.77. The molecular weight excluding hydrogens is 172 g/mol. The summed E-state index contributed by atoms with van der Waals surface area (Å²) < 4.78 is 4.50. The van der Waals surface area contributed by atoms with Crippen molar-refractivity contribution >= 4 is 11.9 Å². The lowest BCUT2D eigenvalue weighted by Gasteiger charge is -2.24. The molecule has 0 saturated carbocycles. The molecule has 2 unspecified atom stereocenters. The zero-order chi connectivity index (χ0) is 10.1. The Labute approximate surface area is 76.2 Å². The number of methoxy groups -OCH3 is 1. The van der Waals surface area contributed by atoms with Gasteiger partial charge in [0.05, 0.1) is 7.11 Å². The van der Waals surface area contributed by atoms with Gasteiger partial charge in [-0.2, -0.15) is 0 Å². The van der Waals surface area contributed by atoms with Crippen LogP contribution in [0.25, 0.3) is 0 Å². The molecule has 0 saturated heterocycles. The average Bonchev–Trinajstić information content (AvgIpc) is 2.47. The normalized spacial score (nSPS) is 31.7. The van der Waals surface area contributed by atoms with Crippen molar-refractivity contribution in [1.29, 1.82) is 0 Å². The van der Waals surface area contributed by atoms with Crippen LogP contribution in [0, 0.1) is 11.3 Å². The first-order valence-electron chi connectivity index (χ1n) is 4.05. The lowest BCUT2D eigenvalue weighted by Crippen LogP contribution is -2.41. The van der Waals surface area contributed by atoms with Crippen molar-refractivity contribution in [2.45, 2.75) is 13.3 Å². The molecule has 1 aliphatic rings. The standard InChI is InChI=1S/C9H12O4/c1-6-4-3-5-9(6,7(10)11)8(12)13-2/h3,5-6H,4H2,1-2H3,(H,10,11). The maximum atomic E-state index is 11.3. The Morgan fingerprint density at radius 1 is 1.62 bits per heavy atom. The maximum absolute atomic E-state index is 11.3. The van der Waals surface area contributed by atoms with Gasteiger partial charge in [0, 0.05) is 0 Å². The van der Waals surface area contributed by atoms with Crippen LogP contribution in [0.2, 0.25) is 0 Å². The van der Waals surface area contributed by atoms with Crippen molar-refractivity contribution in [3.8, 4) is 0 Å². The Bertz CT molecular complexity index is 269. The number of ether oxygens (including phenoxy) is 1. The summed E-state index contributed by atoms with van der Waals surface area (Å²) in [5.74, 6) is -2.07. The van der Waals surface area contributed by atoms with E-state index in [-0.39, 0.29) is 5.92 Å². The zero-order valence-electron chi connectivity index (χ0n) is 7.61. The molecule has 0 bridgehead atoms. The van der Waals surface area contributed by atoms with Crippen LogP contribution < -0.4 is 0 Å². The van der Waals surface area contributed by atoms with E-state index in [9.17, 15) is 9.59 Å². The van der Waals surface area contributed by atoms with Gasteiger partial charge in [-0.25, -0.2) is 0 Å². The minimum absolute atomic E-state index is 0.238. The van der Waals surface area contributed by atoms with E-state index >= 15 is 0 Å². The summed E-state index contributed by atoms with van der Waals surface area (Å²) >= 11 is 0. The summed E-state index contributed by atoms with van der Waals surface area (Å²) in [4.78, 5) is 22.3. The first-order valence-corrected chi connectivity index (χ1v) is 4.05. The summed E-state index contributed by atoms with van der Waals surface area (Å²) in [6.07, 6.45) is 3.73. The third-order valence-electron chi connectivity index (χ3n) is 2.52. The number of allylic oxidation sites excluding steroid dienone is 1. The molecule has 1 rings (SSSR count). The van der Waals surface area contributed by atoms with Crippen LogP contribution in [-0.2, 0) is 14.3 Å². The number of carboxylic acids is 1. The number of rotatable bonds is 2. The second kappa shape index (κ2) is 3.20. The molecule has 0 radical (unpaired) electrons. The molecular formula is C9H12O4. The number of aliphatic carboxylic acids is 1. The van der Waals surface area contributed by atoms with E-state index in [1.165, 1.54) is 13.2 Å². The number of esters is 1. The van der Waals surface area contributed by atoms with E-state index in [4.69, 9.17) is 5.11 Å². The Kier molecular flexibility index (Phi) is 2.40. The smallest absolute Gasteiger partial charge is 0.327 e. The fourth-order valence-electron chi connectivity index (χ4n) is 1.62. The summed E-state index contributed by atoms with van der Waals surface area (Å²) in [5.41, 5.74) is -1.46. The average molecular weight is 184 g/mol. The molecule has 0 aromatic carbocycles. The van der Waals surface area contributed by atoms with Crippen LogP contribution in [0.3, 0.4) is 0 Å². The van der Waals surface area contributed by atoms with E-state index in [0.717, 1.165) is 0 Å². The highest BCUT2D eigenvalue weighted by Gasteiger charge is 2.51. The molecule has 4 nitrogen and oxygen atoms in total. The van der Waals surface area contributed by atoms with Gasteiger partial charge in [0.1, 0.15) is 0 Å². The van der Waals surface area contributed by atoms with Crippen molar-refractivity contribution in [2.24, 2.45) is 11.3 Å². The van der Waals surface area contributed by atoms with E-state index in [1.807, 2.05) is 0 Å². The number of hydrogen-bond acceptors (Lipinski definition) is 3. The van der Waals surface area contributed by atoms with Crippen molar-refractivity contribution in [1.82, 2.24) is 0 Å². The van der Waals surface area contributed by atoms with Gasteiger partial charge in [-0.05, 0) is 12.3 Å². The van der Waals surface area contributed by atoms with Crippen LogP contribution in [0.15, 0.2) is 12.2 Å². The number of carbonyl (C=O) groups is 2. The number of carboxylic acid groups (broad SMARTS) is 1. The van der Waals surface area contributed by atoms with Gasteiger partial charge in [-0.15, -0.1) is 0 Å². The maximum Gasteiger partial charge on any atom is 0.327 e. The van der Waals surface area contributed by atoms with Gasteiger partial charge in [0.2, 0.25) is 0 Å². The predicted molar refractivity (Wildman–Crippen MR) is 45.0 cm³/mol. The first-order chi connectivity index (χ1) is 6.05. The van der Waals surface area contributed by atoms with E-state index in [0.29, 0.717) is 6.42 Å². The largest absolute Gasteiger partial charge is 0.480 e. The van der Waals surface area contributed by atoms with Gasteiger partial charge in [0.25, 0.3) is 0 Å². The molecule has 0 aromatic heterocycles. The van der Waals surface area contributed by atoms with E-state index in [1.54, 1.807) is 13.0 Å². The predicted octanol–water partition coefficient (Wildman–Crippen LogP) is 0.826. The summed E-state index contributed by atoms with van der Waals surface area (Å²) in [7, 11) is 1.20. The summed E-state index contributed by atoms with van der Waals surface area (Å²) in [6, 6.07) is 0. The zero-order valence-corrected chi connectivity index (χ0v) is 7.61. The third-order valence-corrected chi connectivity index (χ3v) is 2.52. The lowest BCUT2D eigenvalue weighted by molar-refractivity contribution is -0.165.